The molecule has 4 nitrogen and oxygen atoms in total. The second kappa shape index (κ2) is 5.36. The fraction of sp³-hybridized carbons (Fsp3) is 0.615. The summed E-state index contributed by atoms with van der Waals surface area (Å²) in [7, 11) is 1.43. The SMILES string of the molecule is COC(=O)CCCn1cc2c(c1)C(N)CCC2. The number of rotatable bonds is 4. The number of carbonyl (C=O) groups is 1. The van der Waals surface area contributed by atoms with Gasteiger partial charge >= 0.3 is 5.97 Å². The summed E-state index contributed by atoms with van der Waals surface area (Å²) < 4.78 is 6.77. The van der Waals surface area contributed by atoms with Crippen molar-refractivity contribution >= 4 is 5.97 Å². The molecular formula is C13H20N2O2. The molecule has 1 atom stereocenters. The lowest BCUT2D eigenvalue weighted by atomic mass is 9.92. The zero-order valence-electron chi connectivity index (χ0n) is 10.3. The van der Waals surface area contributed by atoms with Gasteiger partial charge in [0.15, 0.2) is 0 Å². The largest absolute Gasteiger partial charge is 0.469 e. The lowest BCUT2D eigenvalue weighted by molar-refractivity contribution is -0.140. The van der Waals surface area contributed by atoms with Crippen molar-refractivity contribution in [3.63, 3.8) is 0 Å². The Kier molecular flexibility index (Phi) is 3.84. The fourth-order valence-electron chi connectivity index (χ4n) is 2.42. The van der Waals surface area contributed by atoms with Crippen LogP contribution in [0, 0.1) is 0 Å². The average molecular weight is 236 g/mol. The molecule has 0 amide bonds. The average Bonchev–Trinajstić information content (AvgIpc) is 2.73. The molecular weight excluding hydrogens is 216 g/mol. The first-order chi connectivity index (χ1) is 8.20. The minimum atomic E-state index is -0.140. The zero-order valence-corrected chi connectivity index (χ0v) is 10.3. The molecule has 0 saturated heterocycles. The van der Waals surface area contributed by atoms with Crippen molar-refractivity contribution in [3.8, 4) is 0 Å². The van der Waals surface area contributed by atoms with Crippen LogP contribution in [-0.4, -0.2) is 17.6 Å². The van der Waals surface area contributed by atoms with Gasteiger partial charge in [0.1, 0.15) is 0 Å². The van der Waals surface area contributed by atoms with E-state index in [2.05, 4.69) is 21.7 Å². The van der Waals surface area contributed by atoms with Gasteiger partial charge in [-0.1, -0.05) is 0 Å². The highest BCUT2D eigenvalue weighted by molar-refractivity contribution is 5.68. The molecule has 1 heterocycles. The number of fused-ring (bicyclic) bond motifs is 1. The van der Waals surface area contributed by atoms with Crippen LogP contribution in [0.3, 0.4) is 0 Å². The molecule has 2 N–H and O–H groups in total. The van der Waals surface area contributed by atoms with Crippen LogP contribution in [0.5, 0.6) is 0 Å². The number of nitrogens with zero attached hydrogens (tertiary/aromatic N) is 1. The minimum Gasteiger partial charge on any atom is -0.469 e. The van der Waals surface area contributed by atoms with Gasteiger partial charge in [0.05, 0.1) is 7.11 Å². The second-order valence-electron chi connectivity index (χ2n) is 4.66. The van der Waals surface area contributed by atoms with Crippen LogP contribution in [0.4, 0.5) is 0 Å². The summed E-state index contributed by atoms with van der Waals surface area (Å²) in [6, 6.07) is 0.195. The molecule has 1 aromatic rings. The quantitative estimate of drug-likeness (QED) is 0.811. The summed E-state index contributed by atoms with van der Waals surface area (Å²) in [4.78, 5) is 11.0. The van der Waals surface area contributed by atoms with Crippen molar-refractivity contribution in [1.82, 2.24) is 4.57 Å². The predicted molar refractivity (Wildman–Crippen MR) is 65.5 cm³/mol. The van der Waals surface area contributed by atoms with Crippen LogP contribution < -0.4 is 5.73 Å². The Bertz CT molecular complexity index is 398. The molecule has 94 valence electrons. The van der Waals surface area contributed by atoms with Crippen LogP contribution in [0.15, 0.2) is 12.4 Å². The molecule has 0 aromatic carbocycles. The Balaban J connectivity index is 1.92. The molecule has 0 saturated carbocycles. The summed E-state index contributed by atoms with van der Waals surface area (Å²) in [6.07, 6.45) is 9.00. The Hall–Kier alpha value is -1.29. The second-order valence-corrected chi connectivity index (χ2v) is 4.66. The number of hydrogen-bond donors (Lipinski definition) is 1. The summed E-state index contributed by atoms with van der Waals surface area (Å²) in [5.41, 5.74) is 8.73. The van der Waals surface area contributed by atoms with Gasteiger partial charge in [-0.2, -0.15) is 0 Å². The number of carbonyl (C=O) groups excluding carboxylic acids is 1. The number of hydrogen-bond acceptors (Lipinski definition) is 3. The summed E-state index contributed by atoms with van der Waals surface area (Å²) in [5.74, 6) is -0.140. The van der Waals surface area contributed by atoms with E-state index < -0.39 is 0 Å². The summed E-state index contributed by atoms with van der Waals surface area (Å²) in [6.45, 7) is 0.856. The van der Waals surface area contributed by atoms with Crippen molar-refractivity contribution in [1.29, 1.82) is 0 Å². The van der Waals surface area contributed by atoms with Gasteiger partial charge in [0.2, 0.25) is 0 Å². The van der Waals surface area contributed by atoms with Crippen molar-refractivity contribution in [2.75, 3.05) is 7.11 Å². The third-order valence-corrected chi connectivity index (χ3v) is 3.38. The van der Waals surface area contributed by atoms with E-state index in [-0.39, 0.29) is 12.0 Å². The van der Waals surface area contributed by atoms with E-state index in [1.807, 2.05) is 0 Å². The maximum atomic E-state index is 11.0. The smallest absolute Gasteiger partial charge is 0.305 e. The van der Waals surface area contributed by atoms with E-state index in [4.69, 9.17) is 5.73 Å². The molecule has 0 fully saturated rings. The zero-order chi connectivity index (χ0) is 12.3. The number of nitrogens with two attached hydrogens (primary N) is 1. The predicted octanol–water partition coefficient (Wildman–Crippen LogP) is 1.78. The fourth-order valence-corrected chi connectivity index (χ4v) is 2.42. The first-order valence-electron chi connectivity index (χ1n) is 6.21. The number of aryl methyl sites for hydroxylation is 2. The van der Waals surface area contributed by atoms with Crippen LogP contribution in [-0.2, 0) is 22.5 Å². The van der Waals surface area contributed by atoms with E-state index >= 15 is 0 Å². The molecule has 2 rings (SSSR count). The van der Waals surface area contributed by atoms with Gasteiger partial charge < -0.3 is 15.0 Å². The Morgan fingerprint density at radius 1 is 1.59 bits per heavy atom. The van der Waals surface area contributed by atoms with Gasteiger partial charge in [-0.05, 0) is 36.8 Å². The highest BCUT2D eigenvalue weighted by atomic mass is 16.5. The molecule has 0 radical (unpaired) electrons. The number of aromatic nitrogens is 1. The van der Waals surface area contributed by atoms with Crippen molar-refractivity contribution in [2.24, 2.45) is 5.73 Å². The van der Waals surface area contributed by atoms with E-state index in [1.54, 1.807) is 0 Å². The van der Waals surface area contributed by atoms with Crippen LogP contribution in [0.1, 0.15) is 42.9 Å². The Morgan fingerprint density at radius 3 is 3.12 bits per heavy atom. The van der Waals surface area contributed by atoms with Crippen molar-refractivity contribution < 1.29 is 9.53 Å². The summed E-state index contributed by atoms with van der Waals surface area (Å²) >= 11 is 0. The first kappa shape index (κ1) is 12.2. The first-order valence-corrected chi connectivity index (χ1v) is 6.21. The highest BCUT2D eigenvalue weighted by Gasteiger charge is 2.18. The van der Waals surface area contributed by atoms with Crippen LogP contribution in [0.25, 0.3) is 0 Å². The lowest BCUT2D eigenvalue weighted by Crippen LogP contribution is -2.15. The van der Waals surface area contributed by atoms with E-state index in [1.165, 1.54) is 24.7 Å². The topological polar surface area (TPSA) is 57.2 Å². The molecule has 0 aliphatic heterocycles. The molecule has 17 heavy (non-hydrogen) atoms. The third kappa shape index (κ3) is 2.88. The normalized spacial score (nSPS) is 18.8. The summed E-state index contributed by atoms with van der Waals surface area (Å²) in [5, 5.41) is 0. The number of esters is 1. The van der Waals surface area contributed by atoms with Gasteiger partial charge in [0.25, 0.3) is 0 Å². The monoisotopic (exact) mass is 236 g/mol. The molecule has 4 heteroatoms. The van der Waals surface area contributed by atoms with Crippen LogP contribution >= 0.6 is 0 Å². The highest BCUT2D eigenvalue weighted by Crippen LogP contribution is 2.28. The van der Waals surface area contributed by atoms with Gasteiger partial charge in [-0.25, -0.2) is 0 Å². The van der Waals surface area contributed by atoms with Gasteiger partial charge in [-0.3, -0.25) is 4.79 Å². The Labute approximate surface area is 102 Å². The van der Waals surface area contributed by atoms with E-state index in [0.717, 1.165) is 25.8 Å². The maximum Gasteiger partial charge on any atom is 0.305 e. The molecule has 1 aliphatic carbocycles. The molecule has 1 aromatic heterocycles. The van der Waals surface area contributed by atoms with Crippen molar-refractivity contribution in [2.45, 2.75) is 44.7 Å². The maximum absolute atomic E-state index is 11.0. The Morgan fingerprint density at radius 2 is 2.41 bits per heavy atom. The standard InChI is InChI=1S/C13H20N2O2/c1-17-13(16)6-3-7-15-8-10-4-2-5-12(14)11(10)9-15/h8-9,12H,2-7,14H2,1H3. The number of ether oxygens (including phenoxy) is 1. The van der Waals surface area contributed by atoms with Crippen LogP contribution in [0.2, 0.25) is 0 Å². The van der Waals surface area contributed by atoms with E-state index in [9.17, 15) is 4.79 Å². The molecule has 1 unspecified atom stereocenters. The minimum absolute atomic E-state index is 0.140. The molecule has 0 bridgehead atoms. The molecule has 1 aliphatic rings. The number of methoxy groups -OCH3 is 1. The van der Waals surface area contributed by atoms with Crippen molar-refractivity contribution in [3.05, 3.63) is 23.5 Å². The van der Waals surface area contributed by atoms with Gasteiger partial charge in [0, 0.05) is 31.4 Å². The third-order valence-electron chi connectivity index (χ3n) is 3.38. The molecule has 0 spiro atoms. The van der Waals surface area contributed by atoms with E-state index in [0.29, 0.717) is 6.42 Å². The van der Waals surface area contributed by atoms with Gasteiger partial charge in [-0.15, -0.1) is 0 Å². The lowest BCUT2D eigenvalue weighted by Gasteiger charge is -2.17.